The monoisotopic (exact) mass is 227 g/mol. The summed E-state index contributed by atoms with van der Waals surface area (Å²) in [5, 5.41) is 11.0. The standard InChI is InChI=1S/C11H17NO2S/c1-7-4-5-15-9(7)8(12)6-11(2,3)10(13)14/h4-5,8H,6,12H2,1-3H3,(H,13,14). The lowest BCUT2D eigenvalue weighted by Crippen LogP contribution is -2.28. The Kier molecular flexibility index (Phi) is 3.52. The first-order chi connectivity index (χ1) is 6.84. The number of carbonyl (C=O) groups is 1. The van der Waals surface area contributed by atoms with Gasteiger partial charge in [-0.2, -0.15) is 0 Å². The molecule has 3 N–H and O–H groups in total. The van der Waals surface area contributed by atoms with Crippen LogP contribution in [0.4, 0.5) is 0 Å². The maximum absolute atomic E-state index is 11.0. The molecule has 0 saturated carbocycles. The van der Waals surface area contributed by atoms with Gasteiger partial charge in [-0.05, 0) is 44.2 Å². The number of rotatable bonds is 4. The minimum atomic E-state index is -0.799. The van der Waals surface area contributed by atoms with Crippen molar-refractivity contribution >= 4 is 17.3 Å². The first-order valence-corrected chi connectivity index (χ1v) is 5.75. The molecule has 0 aliphatic heterocycles. The molecule has 0 spiro atoms. The van der Waals surface area contributed by atoms with Crippen LogP contribution in [0.2, 0.25) is 0 Å². The molecule has 1 aromatic heterocycles. The lowest BCUT2D eigenvalue weighted by atomic mass is 9.85. The molecule has 0 saturated heterocycles. The summed E-state index contributed by atoms with van der Waals surface area (Å²) in [5.74, 6) is -0.799. The first kappa shape index (κ1) is 12.2. The molecule has 0 amide bonds. The fourth-order valence-corrected chi connectivity index (χ4v) is 2.42. The number of thiophene rings is 1. The zero-order chi connectivity index (χ0) is 11.6. The fraction of sp³-hybridized carbons (Fsp3) is 0.545. The average molecular weight is 227 g/mol. The van der Waals surface area contributed by atoms with Crippen molar-refractivity contribution in [1.82, 2.24) is 0 Å². The topological polar surface area (TPSA) is 63.3 Å². The van der Waals surface area contributed by atoms with Crippen LogP contribution in [-0.4, -0.2) is 11.1 Å². The Morgan fingerprint density at radius 3 is 2.67 bits per heavy atom. The molecular formula is C11H17NO2S. The second kappa shape index (κ2) is 4.33. The highest BCUT2D eigenvalue weighted by atomic mass is 32.1. The number of carboxylic acids is 1. The van der Waals surface area contributed by atoms with Gasteiger partial charge in [-0.15, -0.1) is 11.3 Å². The number of carboxylic acid groups (broad SMARTS) is 1. The minimum absolute atomic E-state index is 0.184. The van der Waals surface area contributed by atoms with Crippen LogP contribution in [0.1, 0.15) is 36.8 Å². The highest BCUT2D eigenvalue weighted by Crippen LogP contribution is 2.32. The van der Waals surface area contributed by atoms with Gasteiger partial charge in [0.25, 0.3) is 0 Å². The van der Waals surface area contributed by atoms with Gasteiger partial charge in [-0.1, -0.05) is 0 Å². The molecule has 15 heavy (non-hydrogen) atoms. The summed E-state index contributed by atoms with van der Waals surface area (Å²) in [7, 11) is 0. The molecule has 0 aliphatic rings. The van der Waals surface area contributed by atoms with Gasteiger partial charge in [0.15, 0.2) is 0 Å². The largest absolute Gasteiger partial charge is 0.481 e. The van der Waals surface area contributed by atoms with Gasteiger partial charge in [0.05, 0.1) is 5.41 Å². The van der Waals surface area contributed by atoms with Crippen LogP contribution in [-0.2, 0) is 4.79 Å². The molecule has 1 heterocycles. The third-order valence-corrected chi connectivity index (χ3v) is 3.70. The Bertz CT molecular complexity index is 357. The number of hydrogen-bond acceptors (Lipinski definition) is 3. The van der Waals surface area contributed by atoms with Crippen molar-refractivity contribution in [3.05, 3.63) is 21.9 Å². The lowest BCUT2D eigenvalue weighted by Gasteiger charge is -2.23. The number of hydrogen-bond donors (Lipinski definition) is 2. The highest BCUT2D eigenvalue weighted by Gasteiger charge is 2.30. The quantitative estimate of drug-likeness (QED) is 0.831. The van der Waals surface area contributed by atoms with Crippen molar-refractivity contribution in [3.8, 4) is 0 Å². The van der Waals surface area contributed by atoms with E-state index in [1.807, 2.05) is 18.4 Å². The van der Waals surface area contributed by atoms with Gasteiger partial charge in [0.1, 0.15) is 0 Å². The molecule has 1 unspecified atom stereocenters. The smallest absolute Gasteiger partial charge is 0.309 e. The third kappa shape index (κ3) is 2.79. The molecule has 4 heteroatoms. The molecule has 1 aromatic rings. The summed E-state index contributed by atoms with van der Waals surface area (Å²) in [6.07, 6.45) is 0.462. The van der Waals surface area contributed by atoms with Crippen LogP contribution < -0.4 is 5.73 Å². The Morgan fingerprint density at radius 2 is 2.27 bits per heavy atom. The van der Waals surface area contributed by atoms with Crippen LogP contribution in [0.3, 0.4) is 0 Å². The number of nitrogens with two attached hydrogens (primary N) is 1. The van der Waals surface area contributed by atoms with Gasteiger partial charge < -0.3 is 10.8 Å². The average Bonchev–Trinajstić information content (AvgIpc) is 2.50. The zero-order valence-electron chi connectivity index (χ0n) is 9.28. The van der Waals surface area contributed by atoms with E-state index in [0.717, 1.165) is 10.4 Å². The molecule has 3 nitrogen and oxygen atoms in total. The maximum atomic E-state index is 11.0. The molecule has 0 radical (unpaired) electrons. The normalized spacial score (nSPS) is 13.9. The Balaban J connectivity index is 2.76. The van der Waals surface area contributed by atoms with Crippen LogP contribution in [0.5, 0.6) is 0 Å². The molecule has 0 aliphatic carbocycles. The predicted octanol–water partition coefficient (Wildman–Crippen LogP) is 2.56. The van der Waals surface area contributed by atoms with E-state index < -0.39 is 11.4 Å². The van der Waals surface area contributed by atoms with Crippen molar-refractivity contribution in [2.45, 2.75) is 33.2 Å². The second-order valence-electron chi connectivity index (χ2n) is 4.47. The van der Waals surface area contributed by atoms with Crippen molar-refractivity contribution < 1.29 is 9.90 Å². The van der Waals surface area contributed by atoms with Gasteiger partial charge in [0, 0.05) is 10.9 Å². The van der Waals surface area contributed by atoms with E-state index in [1.165, 1.54) is 0 Å². The van der Waals surface area contributed by atoms with E-state index in [-0.39, 0.29) is 6.04 Å². The third-order valence-electron chi connectivity index (χ3n) is 2.55. The molecule has 1 rings (SSSR count). The highest BCUT2D eigenvalue weighted by molar-refractivity contribution is 7.10. The first-order valence-electron chi connectivity index (χ1n) is 4.87. The lowest BCUT2D eigenvalue weighted by molar-refractivity contribution is -0.147. The van der Waals surface area contributed by atoms with Crippen molar-refractivity contribution in [2.75, 3.05) is 0 Å². The molecule has 1 atom stereocenters. The second-order valence-corrected chi connectivity index (χ2v) is 5.42. The van der Waals surface area contributed by atoms with Crippen molar-refractivity contribution in [1.29, 1.82) is 0 Å². The molecule has 0 fully saturated rings. The molecule has 0 aromatic carbocycles. The summed E-state index contributed by atoms with van der Waals surface area (Å²) >= 11 is 1.59. The van der Waals surface area contributed by atoms with Crippen LogP contribution in [0.15, 0.2) is 11.4 Å². The van der Waals surface area contributed by atoms with Crippen molar-refractivity contribution in [2.24, 2.45) is 11.1 Å². The minimum Gasteiger partial charge on any atom is -0.481 e. The molecule has 0 bridgehead atoms. The summed E-state index contributed by atoms with van der Waals surface area (Å²) in [5.41, 5.74) is 6.39. The Hall–Kier alpha value is -0.870. The summed E-state index contributed by atoms with van der Waals surface area (Å²) in [6, 6.07) is 1.82. The van der Waals surface area contributed by atoms with Crippen LogP contribution >= 0.6 is 11.3 Å². The predicted molar refractivity (Wildman–Crippen MR) is 62.0 cm³/mol. The Labute approximate surface area is 93.9 Å². The zero-order valence-corrected chi connectivity index (χ0v) is 10.1. The van der Waals surface area contributed by atoms with E-state index in [2.05, 4.69) is 0 Å². The van der Waals surface area contributed by atoms with E-state index in [0.29, 0.717) is 6.42 Å². The Morgan fingerprint density at radius 1 is 1.67 bits per heavy atom. The molecule has 84 valence electrons. The van der Waals surface area contributed by atoms with Crippen molar-refractivity contribution in [3.63, 3.8) is 0 Å². The maximum Gasteiger partial charge on any atom is 0.309 e. The molecular weight excluding hydrogens is 210 g/mol. The summed E-state index contributed by atoms with van der Waals surface area (Å²) in [6.45, 7) is 5.41. The van der Waals surface area contributed by atoms with E-state index in [4.69, 9.17) is 10.8 Å². The van der Waals surface area contributed by atoms with Gasteiger partial charge in [-0.3, -0.25) is 4.79 Å². The van der Waals surface area contributed by atoms with Crippen LogP contribution in [0.25, 0.3) is 0 Å². The van der Waals surface area contributed by atoms with Gasteiger partial charge in [0.2, 0.25) is 0 Å². The summed E-state index contributed by atoms with van der Waals surface area (Å²) in [4.78, 5) is 12.0. The van der Waals surface area contributed by atoms with Gasteiger partial charge in [-0.25, -0.2) is 0 Å². The number of aryl methyl sites for hydroxylation is 1. The number of aliphatic carboxylic acids is 1. The van der Waals surface area contributed by atoms with E-state index in [9.17, 15) is 4.79 Å². The fourth-order valence-electron chi connectivity index (χ4n) is 1.49. The van der Waals surface area contributed by atoms with Gasteiger partial charge >= 0.3 is 5.97 Å². The van der Waals surface area contributed by atoms with E-state index in [1.54, 1.807) is 25.2 Å². The SMILES string of the molecule is Cc1ccsc1C(N)CC(C)(C)C(=O)O. The summed E-state index contributed by atoms with van der Waals surface area (Å²) < 4.78 is 0. The van der Waals surface area contributed by atoms with E-state index >= 15 is 0 Å². The van der Waals surface area contributed by atoms with Crippen LogP contribution in [0, 0.1) is 12.3 Å².